The number of amides is 2. The zero-order valence-electron chi connectivity index (χ0n) is 7.05. The quantitative estimate of drug-likeness (QED) is 0.586. The molecule has 4 nitrogen and oxygen atoms in total. The highest BCUT2D eigenvalue weighted by atomic mass is 16.2. The Hall–Kier alpha value is -1.06. The molecule has 0 saturated heterocycles. The number of carbonyl (C=O) groups excluding carboxylic acids is 2. The van der Waals surface area contributed by atoms with E-state index in [1.54, 1.807) is 20.8 Å². The molecule has 0 aromatic carbocycles. The highest BCUT2D eigenvalue weighted by molar-refractivity contribution is 5.88. The number of hydrogen-bond donors (Lipinski definition) is 2. The molecule has 0 saturated carbocycles. The maximum absolute atomic E-state index is 10.8. The lowest BCUT2D eigenvalue weighted by Crippen LogP contribution is -2.42. The summed E-state index contributed by atoms with van der Waals surface area (Å²) in [6.45, 7) is 4.79. The topological polar surface area (TPSA) is 86.2 Å². The highest BCUT2D eigenvalue weighted by Gasteiger charge is 2.35. The van der Waals surface area contributed by atoms with Crippen molar-refractivity contribution < 1.29 is 9.59 Å². The molecule has 64 valence electrons. The largest absolute Gasteiger partial charge is 0.369 e. The maximum Gasteiger partial charge on any atom is 0.223 e. The van der Waals surface area contributed by atoms with E-state index in [4.69, 9.17) is 11.5 Å². The van der Waals surface area contributed by atoms with Crippen molar-refractivity contribution in [3.63, 3.8) is 0 Å². The predicted octanol–water partition coefficient (Wildman–Crippen LogP) is -0.381. The molecule has 11 heavy (non-hydrogen) atoms. The van der Waals surface area contributed by atoms with E-state index in [1.165, 1.54) is 0 Å². The average molecular weight is 158 g/mol. The van der Waals surface area contributed by atoms with Crippen molar-refractivity contribution >= 4 is 11.8 Å². The Morgan fingerprint density at radius 3 is 1.73 bits per heavy atom. The van der Waals surface area contributed by atoms with Crippen LogP contribution in [0.4, 0.5) is 0 Å². The number of nitrogens with two attached hydrogens (primary N) is 2. The Balaban J connectivity index is 4.55. The summed E-state index contributed by atoms with van der Waals surface area (Å²) in [4.78, 5) is 21.4. The Bertz CT molecular complexity index is 187. The zero-order chi connectivity index (χ0) is 9.23. The van der Waals surface area contributed by atoms with E-state index in [2.05, 4.69) is 0 Å². The highest BCUT2D eigenvalue weighted by Crippen LogP contribution is 2.25. The van der Waals surface area contributed by atoms with Crippen LogP contribution in [0.25, 0.3) is 0 Å². The smallest absolute Gasteiger partial charge is 0.223 e. The van der Waals surface area contributed by atoms with Crippen molar-refractivity contribution in [2.45, 2.75) is 20.8 Å². The summed E-state index contributed by atoms with van der Waals surface area (Å²) in [6.07, 6.45) is 0. The van der Waals surface area contributed by atoms with E-state index in [0.717, 1.165) is 0 Å². The first-order valence-corrected chi connectivity index (χ1v) is 3.39. The van der Waals surface area contributed by atoms with Gasteiger partial charge in [0.25, 0.3) is 0 Å². The lowest BCUT2D eigenvalue weighted by Gasteiger charge is -2.25. The van der Waals surface area contributed by atoms with Crippen LogP contribution < -0.4 is 11.5 Å². The zero-order valence-corrected chi connectivity index (χ0v) is 7.05. The van der Waals surface area contributed by atoms with Gasteiger partial charge in [-0.05, 0) is 0 Å². The summed E-state index contributed by atoms with van der Waals surface area (Å²) in [5, 5.41) is 0. The molecule has 0 bridgehead atoms. The molecule has 0 spiro atoms. The Kier molecular flexibility index (Phi) is 2.62. The van der Waals surface area contributed by atoms with Gasteiger partial charge >= 0.3 is 0 Å². The first-order valence-electron chi connectivity index (χ1n) is 3.39. The molecule has 1 unspecified atom stereocenters. The van der Waals surface area contributed by atoms with E-state index >= 15 is 0 Å². The van der Waals surface area contributed by atoms with Gasteiger partial charge in [0, 0.05) is 5.92 Å². The summed E-state index contributed by atoms with van der Waals surface area (Å²) in [5.41, 5.74) is 9.22. The summed E-state index contributed by atoms with van der Waals surface area (Å²) in [7, 11) is 0. The first kappa shape index (κ1) is 9.94. The van der Waals surface area contributed by atoms with Gasteiger partial charge in [0.05, 0.1) is 5.41 Å². The lowest BCUT2D eigenvalue weighted by atomic mass is 9.79. The molecule has 0 aliphatic carbocycles. The van der Waals surface area contributed by atoms with Gasteiger partial charge in [-0.1, -0.05) is 20.8 Å². The standard InChI is InChI=1S/C7H14N2O2/c1-4(5(8)10)7(2,3)6(9)11/h4H,1-3H3,(H2,8,10)(H2,9,11). The van der Waals surface area contributed by atoms with Crippen LogP contribution in [0, 0.1) is 11.3 Å². The van der Waals surface area contributed by atoms with Gasteiger partial charge in [0.15, 0.2) is 0 Å². The fraction of sp³-hybridized carbons (Fsp3) is 0.714. The van der Waals surface area contributed by atoms with Crippen LogP contribution >= 0.6 is 0 Å². The van der Waals surface area contributed by atoms with Crippen LogP contribution in [0.1, 0.15) is 20.8 Å². The molecule has 2 amide bonds. The van der Waals surface area contributed by atoms with Crippen LogP contribution in [0.3, 0.4) is 0 Å². The minimum atomic E-state index is -0.855. The minimum Gasteiger partial charge on any atom is -0.369 e. The summed E-state index contributed by atoms with van der Waals surface area (Å²) in [6, 6.07) is 0. The average Bonchev–Trinajstić information content (AvgIpc) is 1.85. The molecule has 0 aromatic rings. The monoisotopic (exact) mass is 158 g/mol. The summed E-state index contributed by atoms with van der Waals surface area (Å²) < 4.78 is 0. The van der Waals surface area contributed by atoms with Crippen molar-refractivity contribution in [3.05, 3.63) is 0 Å². The second-order valence-electron chi connectivity index (χ2n) is 3.21. The van der Waals surface area contributed by atoms with Crippen LogP contribution in [0.15, 0.2) is 0 Å². The van der Waals surface area contributed by atoms with E-state index in [0.29, 0.717) is 0 Å². The number of primary amides is 2. The van der Waals surface area contributed by atoms with Gasteiger partial charge in [0.2, 0.25) is 11.8 Å². The van der Waals surface area contributed by atoms with Crippen LogP contribution in [-0.4, -0.2) is 11.8 Å². The Morgan fingerprint density at radius 2 is 1.64 bits per heavy atom. The third-order valence-corrected chi connectivity index (χ3v) is 2.14. The lowest BCUT2D eigenvalue weighted by molar-refractivity contribution is -0.135. The second kappa shape index (κ2) is 2.90. The van der Waals surface area contributed by atoms with Crippen molar-refractivity contribution in [2.75, 3.05) is 0 Å². The number of carbonyl (C=O) groups is 2. The molecule has 0 radical (unpaired) electrons. The molecular weight excluding hydrogens is 144 g/mol. The van der Waals surface area contributed by atoms with Crippen molar-refractivity contribution in [3.8, 4) is 0 Å². The van der Waals surface area contributed by atoms with Crippen molar-refractivity contribution in [1.82, 2.24) is 0 Å². The van der Waals surface area contributed by atoms with E-state index < -0.39 is 23.1 Å². The molecule has 1 atom stereocenters. The maximum atomic E-state index is 10.8. The molecular formula is C7H14N2O2. The molecule has 0 aliphatic rings. The van der Waals surface area contributed by atoms with E-state index in [1.807, 2.05) is 0 Å². The SMILES string of the molecule is CC(C(N)=O)C(C)(C)C(N)=O. The van der Waals surface area contributed by atoms with Gasteiger partial charge in [-0.2, -0.15) is 0 Å². The summed E-state index contributed by atoms with van der Waals surface area (Å²) in [5.74, 6) is -1.54. The molecule has 0 rings (SSSR count). The molecule has 4 heteroatoms. The normalized spacial score (nSPS) is 14.1. The third-order valence-electron chi connectivity index (χ3n) is 2.14. The van der Waals surface area contributed by atoms with Crippen LogP contribution in [0.5, 0.6) is 0 Å². The molecule has 0 heterocycles. The molecule has 4 N–H and O–H groups in total. The predicted molar refractivity (Wildman–Crippen MR) is 41.3 cm³/mol. The first-order chi connectivity index (χ1) is 4.80. The molecule has 0 aromatic heterocycles. The van der Waals surface area contributed by atoms with Gasteiger partial charge < -0.3 is 11.5 Å². The van der Waals surface area contributed by atoms with Crippen molar-refractivity contribution in [2.24, 2.45) is 22.8 Å². The van der Waals surface area contributed by atoms with Crippen LogP contribution in [0.2, 0.25) is 0 Å². The number of hydrogen-bond acceptors (Lipinski definition) is 2. The van der Waals surface area contributed by atoms with E-state index in [-0.39, 0.29) is 0 Å². The number of rotatable bonds is 3. The Labute approximate surface area is 65.9 Å². The van der Waals surface area contributed by atoms with Crippen molar-refractivity contribution in [1.29, 1.82) is 0 Å². The summed E-state index contributed by atoms with van der Waals surface area (Å²) >= 11 is 0. The minimum absolute atomic E-state index is 0.506. The van der Waals surface area contributed by atoms with Gasteiger partial charge in [-0.3, -0.25) is 9.59 Å². The van der Waals surface area contributed by atoms with E-state index in [9.17, 15) is 9.59 Å². The van der Waals surface area contributed by atoms with Gasteiger partial charge in [0.1, 0.15) is 0 Å². The van der Waals surface area contributed by atoms with Gasteiger partial charge in [-0.25, -0.2) is 0 Å². The molecule has 0 aliphatic heterocycles. The second-order valence-corrected chi connectivity index (χ2v) is 3.21. The van der Waals surface area contributed by atoms with Gasteiger partial charge in [-0.15, -0.1) is 0 Å². The fourth-order valence-electron chi connectivity index (χ4n) is 0.569. The molecule has 0 fully saturated rings. The Morgan fingerprint density at radius 1 is 1.27 bits per heavy atom. The van der Waals surface area contributed by atoms with Crippen LogP contribution in [-0.2, 0) is 9.59 Å². The fourth-order valence-corrected chi connectivity index (χ4v) is 0.569. The third kappa shape index (κ3) is 1.93.